The molecule has 2 atom stereocenters. The number of hydrogen-bond donors (Lipinski definition) is 0. The summed E-state index contributed by atoms with van der Waals surface area (Å²) in [5, 5.41) is 0.0418. The maximum atomic E-state index is 12.5. The number of carbonyl (C=O) groups excluding carboxylic acids is 1. The average molecular weight is 424 g/mol. The van der Waals surface area contributed by atoms with E-state index >= 15 is 0 Å². The summed E-state index contributed by atoms with van der Waals surface area (Å²) >= 11 is 0. The highest BCUT2D eigenvalue weighted by Crippen LogP contribution is 2.39. The van der Waals surface area contributed by atoms with Crippen LogP contribution in [0.5, 0.6) is 0 Å². The van der Waals surface area contributed by atoms with E-state index in [0.29, 0.717) is 19.5 Å². The summed E-state index contributed by atoms with van der Waals surface area (Å²) in [6.07, 6.45) is 1.03. The molecular weight excluding hydrogens is 386 g/mol. The minimum Gasteiger partial charge on any atom is -0.444 e. The highest BCUT2D eigenvalue weighted by Gasteiger charge is 2.45. The summed E-state index contributed by atoms with van der Waals surface area (Å²) in [4.78, 5) is 14.1. The third-order valence-corrected chi connectivity index (χ3v) is 10.2. The minimum absolute atomic E-state index is 0.00777. The molecule has 0 radical (unpaired) electrons. The quantitative estimate of drug-likeness (QED) is 0.479. The first-order chi connectivity index (χ1) is 11.9. The van der Waals surface area contributed by atoms with Gasteiger partial charge in [0.1, 0.15) is 5.60 Å². The van der Waals surface area contributed by atoms with Gasteiger partial charge in [0, 0.05) is 19.0 Å². The number of nitrogens with zero attached hydrogens (tertiary/aromatic N) is 1. The van der Waals surface area contributed by atoms with Crippen molar-refractivity contribution in [2.45, 2.75) is 77.8 Å². The van der Waals surface area contributed by atoms with Gasteiger partial charge in [0.05, 0.1) is 19.0 Å². The van der Waals surface area contributed by atoms with E-state index < -0.39 is 24.0 Å². The zero-order chi connectivity index (χ0) is 21.3. The molecule has 1 amide bonds. The van der Waals surface area contributed by atoms with Gasteiger partial charge in [-0.2, -0.15) is 8.42 Å². The predicted molar refractivity (Wildman–Crippen MR) is 109 cm³/mol. The second-order valence-electron chi connectivity index (χ2n) is 9.88. The van der Waals surface area contributed by atoms with Gasteiger partial charge in [0.15, 0.2) is 8.32 Å². The van der Waals surface area contributed by atoms with Crippen molar-refractivity contribution in [2.75, 3.05) is 26.0 Å². The van der Waals surface area contributed by atoms with Crippen molar-refractivity contribution in [1.82, 2.24) is 4.90 Å². The molecule has 0 aromatic rings. The van der Waals surface area contributed by atoms with E-state index in [-0.39, 0.29) is 29.8 Å². The smallest absolute Gasteiger partial charge is 0.410 e. The summed E-state index contributed by atoms with van der Waals surface area (Å²) in [6, 6.07) is 0. The third kappa shape index (κ3) is 8.09. The van der Waals surface area contributed by atoms with Gasteiger partial charge in [-0.15, -0.1) is 0 Å². The SMILES string of the molecule is CC(C)(C)OC(=O)N1CC(CCOS(C)(=O)=O)C(O[Si](C)(C)C(C)(C)C)C1. The molecule has 0 aromatic carbocycles. The molecule has 27 heavy (non-hydrogen) atoms. The van der Waals surface area contributed by atoms with Crippen molar-refractivity contribution in [2.24, 2.45) is 5.92 Å². The summed E-state index contributed by atoms with van der Waals surface area (Å²) in [7, 11) is -5.52. The molecule has 1 saturated heterocycles. The molecule has 160 valence electrons. The van der Waals surface area contributed by atoms with E-state index in [2.05, 4.69) is 33.9 Å². The van der Waals surface area contributed by atoms with Crippen LogP contribution in [0.4, 0.5) is 4.79 Å². The van der Waals surface area contributed by atoms with Crippen LogP contribution in [-0.4, -0.2) is 65.4 Å². The second-order valence-corrected chi connectivity index (χ2v) is 16.3. The average Bonchev–Trinajstić information content (AvgIpc) is 2.76. The van der Waals surface area contributed by atoms with Crippen LogP contribution < -0.4 is 0 Å². The highest BCUT2D eigenvalue weighted by atomic mass is 32.2. The number of carbonyl (C=O) groups is 1. The van der Waals surface area contributed by atoms with Crippen LogP contribution in [-0.2, 0) is 23.5 Å². The van der Waals surface area contributed by atoms with E-state index in [1.807, 2.05) is 20.8 Å². The van der Waals surface area contributed by atoms with Gasteiger partial charge in [-0.25, -0.2) is 4.79 Å². The van der Waals surface area contributed by atoms with Crippen LogP contribution in [0.1, 0.15) is 48.0 Å². The third-order valence-electron chi connectivity index (χ3n) is 5.07. The van der Waals surface area contributed by atoms with Gasteiger partial charge in [-0.1, -0.05) is 20.8 Å². The molecule has 7 nitrogen and oxygen atoms in total. The lowest BCUT2D eigenvalue weighted by molar-refractivity contribution is 0.0272. The number of likely N-dealkylation sites (tertiary alicyclic amines) is 1. The Morgan fingerprint density at radius 3 is 2.11 bits per heavy atom. The Kier molecular flexibility index (Phi) is 7.58. The maximum Gasteiger partial charge on any atom is 0.410 e. The molecule has 1 heterocycles. The van der Waals surface area contributed by atoms with E-state index in [1.54, 1.807) is 4.90 Å². The molecule has 1 aliphatic heterocycles. The van der Waals surface area contributed by atoms with Crippen LogP contribution in [0.2, 0.25) is 18.1 Å². The fourth-order valence-electron chi connectivity index (χ4n) is 2.63. The molecule has 0 saturated carbocycles. The monoisotopic (exact) mass is 423 g/mol. The standard InChI is InChI=1S/C18H37NO6SSi/c1-17(2,3)24-16(20)19-12-14(10-11-23-26(7,21)22)15(13-19)25-27(8,9)18(4,5)6/h14-15H,10-13H2,1-9H3. The van der Waals surface area contributed by atoms with Crippen LogP contribution >= 0.6 is 0 Å². The summed E-state index contributed by atoms with van der Waals surface area (Å²) in [5.41, 5.74) is -0.565. The van der Waals surface area contributed by atoms with E-state index in [0.717, 1.165) is 6.26 Å². The van der Waals surface area contributed by atoms with Gasteiger partial charge < -0.3 is 14.1 Å². The zero-order valence-electron chi connectivity index (χ0n) is 18.3. The molecule has 0 spiro atoms. The second kappa shape index (κ2) is 8.38. The number of rotatable bonds is 6. The van der Waals surface area contributed by atoms with Crippen LogP contribution in [0, 0.1) is 5.92 Å². The molecule has 1 fully saturated rings. The first-order valence-electron chi connectivity index (χ1n) is 9.41. The Morgan fingerprint density at radius 1 is 1.11 bits per heavy atom. The Balaban J connectivity index is 2.88. The van der Waals surface area contributed by atoms with E-state index in [1.165, 1.54) is 0 Å². The van der Waals surface area contributed by atoms with Crippen LogP contribution in [0.15, 0.2) is 0 Å². The van der Waals surface area contributed by atoms with E-state index in [9.17, 15) is 13.2 Å². The topological polar surface area (TPSA) is 82.1 Å². The number of ether oxygens (including phenoxy) is 1. The highest BCUT2D eigenvalue weighted by molar-refractivity contribution is 7.85. The molecular formula is C18H37NO6SSi. The summed E-state index contributed by atoms with van der Waals surface area (Å²) in [5.74, 6) is 0.00777. The number of hydrogen-bond acceptors (Lipinski definition) is 6. The largest absolute Gasteiger partial charge is 0.444 e. The lowest BCUT2D eigenvalue weighted by Gasteiger charge is -2.39. The first kappa shape index (κ1) is 24.4. The van der Waals surface area contributed by atoms with Crippen LogP contribution in [0.25, 0.3) is 0 Å². The fourth-order valence-corrected chi connectivity index (χ4v) is 4.41. The first-order valence-corrected chi connectivity index (χ1v) is 14.1. The van der Waals surface area contributed by atoms with Gasteiger partial charge >= 0.3 is 6.09 Å². The molecule has 9 heteroatoms. The predicted octanol–water partition coefficient (Wildman–Crippen LogP) is 3.61. The maximum absolute atomic E-state index is 12.5. The summed E-state index contributed by atoms with van der Waals surface area (Å²) < 4.78 is 39.4. The van der Waals surface area contributed by atoms with Crippen molar-refractivity contribution in [1.29, 1.82) is 0 Å². The molecule has 0 aromatic heterocycles. The minimum atomic E-state index is -3.48. The van der Waals surface area contributed by atoms with Gasteiger partial charge in [0.2, 0.25) is 0 Å². The Morgan fingerprint density at radius 2 is 1.67 bits per heavy atom. The normalized spacial score (nSPS) is 22.2. The lowest BCUT2D eigenvalue weighted by Crippen LogP contribution is -2.46. The summed E-state index contributed by atoms with van der Waals surface area (Å²) in [6.45, 7) is 17.4. The van der Waals surface area contributed by atoms with E-state index in [4.69, 9.17) is 13.3 Å². The van der Waals surface area contributed by atoms with Crippen molar-refractivity contribution in [3.63, 3.8) is 0 Å². The fraction of sp³-hybridized carbons (Fsp3) is 0.944. The molecule has 0 N–H and O–H groups in total. The van der Waals surface area contributed by atoms with Crippen molar-refractivity contribution in [3.05, 3.63) is 0 Å². The Hall–Kier alpha value is -0.643. The molecule has 0 bridgehead atoms. The molecule has 0 aliphatic carbocycles. The van der Waals surface area contributed by atoms with Gasteiger partial charge in [0.25, 0.3) is 10.1 Å². The zero-order valence-corrected chi connectivity index (χ0v) is 20.1. The Bertz CT molecular complexity index is 621. The Labute approximate surface area is 166 Å². The lowest BCUT2D eigenvalue weighted by atomic mass is 10.0. The van der Waals surface area contributed by atoms with Crippen LogP contribution in [0.3, 0.4) is 0 Å². The molecule has 2 unspecified atom stereocenters. The number of amides is 1. The van der Waals surface area contributed by atoms with Gasteiger partial charge in [-0.3, -0.25) is 4.18 Å². The van der Waals surface area contributed by atoms with Crippen molar-refractivity contribution >= 4 is 24.5 Å². The van der Waals surface area contributed by atoms with Gasteiger partial charge in [-0.05, 0) is 45.3 Å². The molecule has 1 aliphatic rings. The van der Waals surface area contributed by atoms with Crippen molar-refractivity contribution < 1.29 is 26.6 Å². The molecule has 1 rings (SSSR count). The van der Waals surface area contributed by atoms with Crippen molar-refractivity contribution in [3.8, 4) is 0 Å².